The average molecular weight is 216 g/mol. The van der Waals surface area contributed by atoms with Crippen molar-refractivity contribution in [1.29, 1.82) is 0 Å². The third-order valence-electron chi connectivity index (χ3n) is 2.59. The number of rotatable bonds is 3. The van der Waals surface area contributed by atoms with Crippen molar-refractivity contribution in [1.82, 2.24) is 5.32 Å². The zero-order valence-electron chi connectivity index (χ0n) is 7.72. The van der Waals surface area contributed by atoms with E-state index < -0.39 is 0 Å². The second kappa shape index (κ2) is 3.99. The molecule has 72 valence electrons. The Balaban J connectivity index is 1.74. The second-order valence-electron chi connectivity index (χ2n) is 3.91. The van der Waals surface area contributed by atoms with Gasteiger partial charge in [0.1, 0.15) is 0 Å². The van der Waals surface area contributed by atoms with Crippen LogP contribution in [0.2, 0.25) is 4.34 Å². The van der Waals surface area contributed by atoms with Crippen LogP contribution in [0.4, 0.5) is 0 Å². The summed E-state index contributed by atoms with van der Waals surface area (Å²) < 4.78 is 0.888. The maximum Gasteiger partial charge on any atom is 0.0931 e. The summed E-state index contributed by atoms with van der Waals surface area (Å²) in [7, 11) is 0. The summed E-state index contributed by atoms with van der Waals surface area (Å²) in [6, 6.07) is 2.79. The number of halogens is 1. The van der Waals surface area contributed by atoms with E-state index in [0.29, 0.717) is 0 Å². The van der Waals surface area contributed by atoms with Crippen LogP contribution >= 0.6 is 22.9 Å². The van der Waals surface area contributed by atoms with E-state index >= 15 is 0 Å². The fourth-order valence-corrected chi connectivity index (χ4v) is 2.68. The lowest BCUT2D eigenvalue weighted by Gasteiger charge is -2.33. The number of thiophene rings is 1. The zero-order valence-corrected chi connectivity index (χ0v) is 9.29. The lowest BCUT2D eigenvalue weighted by atomic mass is 9.82. The Kier molecular flexibility index (Phi) is 2.92. The first kappa shape index (κ1) is 9.50. The molecule has 1 nitrogen and oxygen atoms in total. The molecule has 13 heavy (non-hydrogen) atoms. The van der Waals surface area contributed by atoms with Gasteiger partial charge in [-0.15, -0.1) is 11.3 Å². The van der Waals surface area contributed by atoms with E-state index in [1.54, 1.807) is 11.3 Å². The van der Waals surface area contributed by atoms with Gasteiger partial charge in [-0.3, -0.25) is 0 Å². The van der Waals surface area contributed by atoms with Gasteiger partial charge in [-0.1, -0.05) is 18.5 Å². The SMILES string of the molecule is CC1CC(NCc2csc(Cl)c2)C1. The largest absolute Gasteiger partial charge is 0.310 e. The van der Waals surface area contributed by atoms with E-state index in [-0.39, 0.29) is 0 Å². The summed E-state index contributed by atoms with van der Waals surface area (Å²) in [6.45, 7) is 3.28. The molecule has 1 aliphatic rings. The van der Waals surface area contributed by atoms with E-state index in [0.717, 1.165) is 22.8 Å². The molecule has 0 atom stereocenters. The third-order valence-corrected chi connectivity index (χ3v) is 3.73. The maximum absolute atomic E-state index is 5.84. The molecule has 1 saturated carbocycles. The van der Waals surface area contributed by atoms with Crippen molar-refractivity contribution in [2.45, 2.75) is 32.4 Å². The first-order valence-electron chi connectivity index (χ1n) is 4.70. The topological polar surface area (TPSA) is 12.0 Å². The van der Waals surface area contributed by atoms with Crippen molar-refractivity contribution in [3.05, 3.63) is 21.3 Å². The molecule has 1 aliphatic carbocycles. The first-order valence-corrected chi connectivity index (χ1v) is 5.96. The third kappa shape index (κ3) is 2.46. The molecule has 1 heterocycles. The van der Waals surface area contributed by atoms with Crippen molar-refractivity contribution in [3.63, 3.8) is 0 Å². The van der Waals surface area contributed by atoms with Crippen LogP contribution in [0.1, 0.15) is 25.3 Å². The van der Waals surface area contributed by atoms with Crippen LogP contribution in [-0.4, -0.2) is 6.04 Å². The molecule has 0 aliphatic heterocycles. The summed E-state index contributed by atoms with van der Waals surface area (Å²) in [5, 5.41) is 5.65. The fraction of sp³-hybridized carbons (Fsp3) is 0.600. The highest BCUT2D eigenvalue weighted by atomic mass is 35.5. The Hall–Kier alpha value is -0.0500. The standard InChI is InChI=1S/C10H14ClNS/c1-7-2-9(3-7)12-5-8-4-10(11)13-6-8/h4,6-7,9,12H,2-3,5H2,1H3. The number of hydrogen-bond acceptors (Lipinski definition) is 2. The molecule has 0 saturated heterocycles. The molecule has 1 aromatic rings. The highest BCUT2D eigenvalue weighted by Crippen LogP contribution is 2.27. The molecule has 0 radical (unpaired) electrons. The summed E-state index contributed by atoms with van der Waals surface area (Å²) in [4.78, 5) is 0. The van der Waals surface area contributed by atoms with Gasteiger partial charge in [-0.05, 0) is 35.8 Å². The molecule has 1 N–H and O–H groups in total. The van der Waals surface area contributed by atoms with Crippen LogP contribution in [-0.2, 0) is 6.54 Å². The predicted molar refractivity (Wildman–Crippen MR) is 58.4 cm³/mol. The highest BCUT2D eigenvalue weighted by Gasteiger charge is 2.24. The van der Waals surface area contributed by atoms with Crippen molar-refractivity contribution in [2.24, 2.45) is 5.92 Å². The van der Waals surface area contributed by atoms with Crippen molar-refractivity contribution >= 4 is 22.9 Å². The second-order valence-corrected chi connectivity index (χ2v) is 5.46. The van der Waals surface area contributed by atoms with Crippen LogP contribution < -0.4 is 5.32 Å². The molecule has 3 heteroatoms. The zero-order chi connectivity index (χ0) is 9.26. The Bertz CT molecular complexity index is 278. The molecular formula is C10H14ClNS. The number of hydrogen-bond donors (Lipinski definition) is 1. The van der Waals surface area contributed by atoms with Crippen molar-refractivity contribution < 1.29 is 0 Å². The van der Waals surface area contributed by atoms with Crippen LogP contribution in [0.25, 0.3) is 0 Å². The predicted octanol–water partition coefficient (Wildman–Crippen LogP) is 3.29. The van der Waals surface area contributed by atoms with Gasteiger partial charge >= 0.3 is 0 Å². The minimum absolute atomic E-state index is 0.744. The van der Waals surface area contributed by atoms with Crippen molar-refractivity contribution in [2.75, 3.05) is 0 Å². The summed E-state index contributed by atoms with van der Waals surface area (Å²) in [5.74, 6) is 0.920. The summed E-state index contributed by atoms with van der Waals surface area (Å²) >= 11 is 7.45. The van der Waals surface area contributed by atoms with Crippen LogP contribution in [0.15, 0.2) is 11.4 Å². The molecule has 0 aromatic carbocycles. The molecular weight excluding hydrogens is 202 g/mol. The lowest BCUT2D eigenvalue weighted by molar-refractivity contribution is 0.240. The van der Waals surface area contributed by atoms with E-state index in [9.17, 15) is 0 Å². The van der Waals surface area contributed by atoms with Crippen molar-refractivity contribution in [3.8, 4) is 0 Å². The first-order chi connectivity index (χ1) is 6.24. The van der Waals surface area contributed by atoms with Gasteiger partial charge in [0.05, 0.1) is 4.34 Å². The normalized spacial score (nSPS) is 27.2. The molecule has 2 rings (SSSR count). The van der Waals surface area contributed by atoms with Gasteiger partial charge in [0, 0.05) is 12.6 Å². The average Bonchev–Trinajstić information content (AvgIpc) is 2.43. The van der Waals surface area contributed by atoms with Gasteiger partial charge in [0.15, 0.2) is 0 Å². The molecule has 0 unspecified atom stereocenters. The lowest BCUT2D eigenvalue weighted by Crippen LogP contribution is -2.39. The molecule has 1 aromatic heterocycles. The monoisotopic (exact) mass is 215 g/mol. The number of nitrogens with one attached hydrogen (secondary N) is 1. The smallest absolute Gasteiger partial charge is 0.0931 e. The van der Waals surface area contributed by atoms with Gasteiger partial charge in [-0.25, -0.2) is 0 Å². The minimum Gasteiger partial charge on any atom is -0.310 e. The van der Waals surface area contributed by atoms with E-state index in [1.165, 1.54) is 18.4 Å². The van der Waals surface area contributed by atoms with Crippen LogP contribution in [0.3, 0.4) is 0 Å². The van der Waals surface area contributed by atoms with Crippen LogP contribution in [0, 0.1) is 5.92 Å². The van der Waals surface area contributed by atoms with Crippen LogP contribution in [0.5, 0.6) is 0 Å². The Morgan fingerprint density at radius 2 is 2.38 bits per heavy atom. The summed E-state index contributed by atoms with van der Waals surface area (Å²) in [6.07, 6.45) is 2.66. The quantitative estimate of drug-likeness (QED) is 0.816. The van der Waals surface area contributed by atoms with Gasteiger partial charge in [0.2, 0.25) is 0 Å². The highest BCUT2D eigenvalue weighted by molar-refractivity contribution is 7.14. The summed E-state index contributed by atoms with van der Waals surface area (Å²) in [5.41, 5.74) is 1.31. The molecule has 0 bridgehead atoms. The Morgan fingerprint density at radius 3 is 2.92 bits per heavy atom. The van der Waals surface area contributed by atoms with Gasteiger partial charge < -0.3 is 5.32 Å². The van der Waals surface area contributed by atoms with E-state index in [4.69, 9.17) is 11.6 Å². The fourth-order valence-electron chi connectivity index (χ4n) is 1.77. The Labute approximate surface area is 88.1 Å². The van der Waals surface area contributed by atoms with E-state index in [2.05, 4.69) is 17.6 Å². The van der Waals surface area contributed by atoms with Gasteiger partial charge in [0.25, 0.3) is 0 Å². The minimum atomic E-state index is 0.744. The molecule has 1 fully saturated rings. The Morgan fingerprint density at radius 1 is 1.62 bits per heavy atom. The van der Waals surface area contributed by atoms with E-state index in [1.807, 2.05) is 6.07 Å². The maximum atomic E-state index is 5.84. The molecule has 0 spiro atoms. The molecule has 0 amide bonds. The van der Waals surface area contributed by atoms with Gasteiger partial charge in [-0.2, -0.15) is 0 Å².